The number of carboxylic acids is 1. The highest BCUT2D eigenvalue weighted by Gasteiger charge is 2.26. The van der Waals surface area contributed by atoms with Crippen molar-refractivity contribution in [2.45, 2.75) is 45.3 Å². The maximum absolute atomic E-state index is 11.9. The van der Waals surface area contributed by atoms with E-state index in [0.717, 1.165) is 25.9 Å². The third-order valence-electron chi connectivity index (χ3n) is 3.31. The summed E-state index contributed by atoms with van der Waals surface area (Å²) in [5.74, 6) is -1.16. The van der Waals surface area contributed by atoms with Gasteiger partial charge in [-0.25, -0.2) is 9.59 Å². The minimum atomic E-state index is -1.01. The van der Waals surface area contributed by atoms with Crippen LogP contribution in [0, 0.1) is 5.92 Å². The van der Waals surface area contributed by atoms with Gasteiger partial charge in [0.25, 0.3) is 0 Å². The zero-order valence-corrected chi connectivity index (χ0v) is 11.9. The first-order chi connectivity index (χ1) is 8.91. The van der Waals surface area contributed by atoms with Gasteiger partial charge in [0.05, 0.1) is 6.10 Å². The van der Waals surface area contributed by atoms with E-state index in [1.165, 1.54) is 4.90 Å². The van der Waals surface area contributed by atoms with Crippen molar-refractivity contribution in [2.24, 2.45) is 5.92 Å². The number of carbonyl (C=O) groups excluding carboxylic acids is 1. The van der Waals surface area contributed by atoms with Gasteiger partial charge in [-0.05, 0) is 25.2 Å². The van der Waals surface area contributed by atoms with Gasteiger partial charge >= 0.3 is 12.0 Å². The average molecular weight is 272 g/mol. The number of aliphatic carboxylic acids is 1. The van der Waals surface area contributed by atoms with E-state index < -0.39 is 12.0 Å². The van der Waals surface area contributed by atoms with Crippen molar-refractivity contribution in [3.05, 3.63) is 0 Å². The molecule has 0 aromatic rings. The maximum atomic E-state index is 11.9. The van der Waals surface area contributed by atoms with E-state index >= 15 is 0 Å². The van der Waals surface area contributed by atoms with Crippen molar-refractivity contribution in [1.29, 1.82) is 0 Å². The summed E-state index contributed by atoms with van der Waals surface area (Å²) in [6.07, 6.45) is 3.20. The molecule has 1 aliphatic rings. The molecule has 0 aliphatic carbocycles. The molecule has 6 heteroatoms. The molecule has 2 atom stereocenters. The molecule has 1 fully saturated rings. The number of nitrogens with zero attached hydrogens (tertiary/aromatic N) is 1. The van der Waals surface area contributed by atoms with Crippen LogP contribution in [0.4, 0.5) is 4.79 Å². The Balaban J connectivity index is 2.44. The van der Waals surface area contributed by atoms with E-state index in [-0.39, 0.29) is 18.1 Å². The molecule has 2 N–H and O–H groups in total. The summed E-state index contributed by atoms with van der Waals surface area (Å²) in [5, 5.41) is 11.6. The smallest absolute Gasteiger partial charge is 0.326 e. The molecule has 0 radical (unpaired) electrons. The van der Waals surface area contributed by atoms with Crippen LogP contribution in [0.25, 0.3) is 0 Å². The van der Waals surface area contributed by atoms with Gasteiger partial charge in [0, 0.05) is 20.2 Å². The van der Waals surface area contributed by atoms with Gasteiger partial charge in [0.2, 0.25) is 0 Å². The predicted molar refractivity (Wildman–Crippen MR) is 71.0 cm³/mol. The van der Waals surface area contributed by atoms with Gasteiger partial charge in [0.1, 0.15) is 6.04 Å². The van der Waals surface area contributed by atoms with E-state index in [1.807, 2.05) is 0 Å². The lowest BCUT2D eigenvalue weighted by atomic mass is 10.1. The van der Waals surface area contributed by atoms with Gasteiger partial charge in [-0.1, -0.05) is 13.8 Å². The summed E-state index contributed by atoms with van der Waals surface area (Å²) in [4.78, 5) is 24.5. The summed E-state index contributed by atoms with van der Waals surface area (Å²) >= 11 is 0. The highest BCUT2D eigenvalue weighted by Crippen LogP contribution is 2.13. The molecule has 0 aromatic heterocycles. The molecule has 2 unspecified atom stereocenters. The Morgan fingerprint density at radius 2 is 2.11 bits per heavy atom. The number of carbonyl (C=O) groups is 2. The maximum Gasteiger partial charge on any atom is 0.326 e. The Bertz CT molecular complexity index is 314. The van der Waals surface area contributed by atoms with Crippen molar-refractivity contribution < 1.29 is 19.4 Å². The van der Waals surface area contributed by atoms with Crippen molar-refractivity contribution in [1.82, 2.24) is 10.2 Å². The van der Waals surface area contributed by atoms with Crippen LogP contribution in [0.3, 0.4) is 0 Å². The largest absolute Gasteiger partial charge is 0.480 e. The molecule has 2 amide bonds. The van der Waals surface area contributed by atoms with Gasteiger partial charge in [-0.2, -0.15) is 0 Å². The first-order valence-corrected chi connectivity index (χ1v) is 6.78. The molecule has 1 rings (SSSR count). The van der Waals surface area contributed by atoms with Crippen LogP contribution in [-0.2, 0) is 9.53 Å². The Labute approximate surface area is 114 Å². The van der Waals surface area contributed by atoms with Crippen molar-refractivity contribution in [2.75, 3.05) is 20.2 Å². The second kappa shape index (κ2) is 7.33. The van der Waals surface area contributed by atoms with Crippen LogP contribution in [0.1, 0.15) is 33.1 Å². The van der Waals surface area contributed by atoms with E-state index in [0.29, 0.717) is 6.54 Å². The first-order valence-electron chi connectivity index (χ1n) is 6.78. The molecular weight excluding hydrogens is 248 g/mol. The molecule has 0 spiro atoms. The number of rotatable bonds is 5. The normalized spacial score (nSPS) is 20.9. The number of carboxylic acid groups (broad SMARTS) is 1. The van der Waals surface area contributed by atoms with Crippen LogP contribution in [0.2, 0.25) is 0 Å². The lowest BCUT2D eigenvalue weighted by Gasteiger charge is -2.29. The number of amides is 2. The minimum Gasteiger partial charge on any atom is -0.480 e. The van der Waals surface area contributed by atoms with Crippen molar-refractivity contribution >= 4 is 12.0 Å². The zero-order chi connectivity index (χ0) is 14.4. The van der Waals surface area contributed by atoms with Crippen molar-refractivity contribution in [3.8, 4) is 0 Å². The van der Waals surface area contributed by atoms with Gasteiger partial charge < -0.3 is 20.1 Å². The lowest BCUT2D eigenvalue weighted by Crippen LogP contribution is -2.50. The molecular formula is C13H24N2O4. The molecule has 1 saturated heterocycles. The van der Waals surface area contributed by atoms with Gasteiger partial charge in [-0.3, -0.25) is 0 Å². The average Bonchev–Trinajstić information content (AvgIpc) is 2.35. The first kappa shape index (κ1) is 15.8. The summed E-state index contributed by atoms with van der Waals surface area (Å²) in [5.41, 5.74) is 0. The summed E-state index contributed by atoms with van der Waals surface area (Å²) in [7, 11) is 1.66. The Hall–Kier alpha value is -1.30. The SMILES string of the molecule is CC(C)C(NC(=O)N(C)CC1CCCCO1)C(=O)O. The number of nitrogens with one attached hydrogen (secondary N) is 1. The fraction of sp³-hybridized carbons (Fsp3) is 0.846. The second-order valence-electron chi connectivity index (χ2n) is 5.38. The molecule has 0 saturated carbocycles. The standard InChI is InChI=1S/C13H24N2O4/c1-9(2)11(12(16)17)14-13(18)15(3)8-10-6-4-5-7-19-10/h9-11H,4-8H2,1-3H3,(H,14,18)(H,16,17). The van der Waals surface area contributed by atoms with Crippen LogP contribution >= 0.6 is 0 Å². The van der Waals surface area contributed by atoms with Crippen LogP contribution in [0.15, 0.2) is 0 Å². The molecule has 6 nitrogen and oxygen atoms in total. The number of urea groups is 1. The van der Waals surface area contributed by atoms with E-state index in [4.69, 9.17) is 9.84 Å². The molecule has 110 valence electrons. The number of hydrogen-bond acceptors (Lipinski definition) is 3. The van der Waals surface area contributed by atoms with Crippen molar-refractivity contribution in [3.63, 3.8) is 0 Å². The van der Waals surface area contributed by atoms with E-state index in [9.17, 15) is 9.59 Å². The number of hydrogen-bond donors (Lipinski definition) is 2. The Morgan fingerprint density at radius 1 is 1.42 bits per heavy atom. The second-order valence-corrected chi connectivity index (χ2v) is 5.38. The monoisotopic (exact) mass is 272 g/mol. The van der Waals surface area contributed by atoms with Crippen LogP contribution in [0.5, 0.6) is 0 Å². The molecule has 1 heterocycles. The van der Waals surface area contributed by atoms with E-state index in [2.05, 4.69) is 5.32 Å². The lowest BCUT2D eigenvalue weighted by molar-refractivity contribution is -0.140. The van der Waals surface area contributed by atoms with E-state index in [1.54, 1.807) is 20.9 Å². The zero-order valence-electron chi connectivity index (χ0n) is 11.9. The molecule has 1 aliphatic heterocycles. The molecule has 0 bridgehead atoms. The Kier molecular flexibility index (Phi) is 6.08. The highest BCUT2D eigenvalue weighted by molar-refractivity contribution is 5.82. The fourth-order valence-corrected chi connectivity index (χ4v) is 2.10. The summed E-state index contributed by atoms with van der Waals surface area (Å²) in [6.45, 7) is 4.77. The fourth-order valence-electron chi connectivity index (χ4n) is 2.10. The highest BCUT2D eigenvalue weighted by atomic mass is 16.5. The molecule has 19 heavy (non-hydrogen) atoms. The Morgan fingerprint density at radius 3 is 2.58 bits per heavy atom. The van der Waals surface area contributed by atoms with Gasteiger partial charge in [0.15, 0.2) is 0 Å². The summed E-state index contributed by atoms with van der Waals surface area (Å²) in [6, 6.07) is -1.22. The minimum absolute atomic E-state index is 0.0619. The predicted octanol–water partition coefficient (Wildman–Crippen LogP) is 1.31. The number of ether oxygens (including phenoxy) is 1. The third kappa shape index (κ3) is 5.06. The van der Waals surface area contributed by atoms with Crippen LogP contribution in [-0.4, -0.2) is 54.4 Å². The topological polar surface area (TPSA) is 78.9 Å². The third-order valence-corrected chi connectivity index (χ3v) is 3.31. The number of likely N-dealkylation sites (N-methyl/N-ethyl adjacent to an activating group) is 1. The summed E-state index contributed by atoms with van der Waals surface area (Å²) < 4.78 is 5.56. The van der Waals surface area contributed by atoms with Crippen LogP contribution < -0.4 is 5.32 Å². The van der Waals surface area contributed by atoms with Gasteiger partial charge in [-0.15, -0.1) is 0 Å². The quantitative estimate of drug-likeness (QED) is 0.791. The molecule has 0 aromatic carbocycles.